The van der Waals surface area contributed by atoms with Crippen molar-refractivity contribution in [2.24, 2.45) is 5.92 Å². The van der Waals surface area contributed by atoms with Crippen LogP contribution in [0.1, 0.15) is 25.8 Å². The second kappa shape index (κ2) is 6.77. The molecule has 0 heterocycles. The molecule has 1 aliphatic rings. The molecule has 0 saturated carbocycles. The number of rotatable bonds is 2. The molecule has 0 amide bonds. The SMILES string of the molecule is CCC1C(F)=C(F)C(C)(c2c(F)c(F)c(F)c(F)c2F)C(F)C(F)C1F. The van der Waals surface area contributed by atoms with E-state index in [0.717, 1.165) is 6.92 Å². The summed E-state index contributed by atoms with van der Waals surface area (Å²) in [6, 6.07) is 0. The van der Waals surface area contributed by atoms with Crippen LogP contribution >= 0.6 is 0 Å². The maximum atomic E-state index is 14.6. The monoisotopic (exact) mass is 394 g/mol. The minimum atomic E-state index is -3.61. The van der Waals surface area contributed by atoms with E-state index in [1.807, 2.05) is 0 Å². The third-order valence-electron chi connectivity index (χ3n) is 4.68. The maximum absolute atomic E-state index is 14.6. The van der Waals surface area contributed by atoms with E-state index in [1.165, 1.54) is 0 Å². The van der Waals surface area contributed by atoms with E-state index >= 15 is 0 Å². The van der Waals surface area contributed by atoms with Crippen molar-refractivity contribution in [3.63, 3.8) is 0 Å². The van der Waals surface area contributed by atoms with Crippen LogP contribution in [-0.4, -0.2) is 18.5 Å². The Bertz CT molecular complexity index is 729. The lowest BCUT2D eigenvalue weighted by molar-refractivity contribution is 0.0298. The number of halogens is 10. The Hall–Kier alpha value is -1.74. The van der Waals surface area contributed by atoms with Crippen LogP contribution in [0, 0.1) is 35.0 Å². The molecule has 0 nitrogen and oxygen atoms in total. The quantitative estimate of drug-likeness (QED) is 0.336. The average Bonchev–Trinajstić information content (AvgIpc) is 2.66. The van der Waals surface area contributed by atoms with E-state index in [1.54, 1.807) is 0 Å². The lowest BCUT2D eigenvalue weighted by atomic mass is 9.75. The summed E-state index contributed by atoms with van der Waals surface area (Å²) in [6.07, 6.45) is -10.2. The third kappa shape index (κ3) is 2.60. The zero-order valence-corrected chi connectivity index (χ0v) is 13.3. The molecule has 0 N–H and O–H groups in total. The molecule has 2 rings (SSSR count). The van der Waals surface area contributed by atoms with Crippen molar-refractivity contribution in [2.75, 3.05) is 0 Å². The standard InChI is InChI=1S/C16H12F10/c1-3-4-6(17)13(24)15(26)16(2,14(25)7(4)18)5-8(19)10(21)12(23)11(22)9(5)20/h4,6,13,15H,3H2,1-2H3. The molecule has 0 aromatic heterocycles. The fraction of sp³-hybridized carbons (Fsp3) is 0.500. The van der Waals surface area contributed by atoms with Crippen molar-refractivity contribution < 1.29 is 43.9 Å². The van der Waals surface area contributed by atoms with Gasteiger partial charge in [0.2, 0.25) is 5.82 Å². The van der Waals surface area contributed by atoms with Gasteiger partial charge in [-0.05, 0) is 13.3 Å². The molecule has 146 valence electrons. The van der Waals surface area contributed by atoms with Crippen LogP contribution in [0.5, 0.6) is 0 Å². The highest BCUT2D eigenvalue weighted by atomic mass is 19.2. The highest BCUT2D eigenvalue weighted by Gasteiger charge is 2.57. The van der Waals surface area contributed by atoms with Gasteiger partial charge < -0.3 is 0 Å². The van der Waals surface area contributed by atoms with E-state index in [4.69, 9.17) is 0 Å². The molecular weight excluding hydrogens is 382 g/mol. The fourth-order valence-corrected chi connectivity index (χ4v) is 3.09. The van der Waals surface area contributed by atoms with Gasteiger partial charge >= 0.3 is 0 Å². The molecule has 0 saturated heterocycles. The molecule has 0 fully saturated rings. The second-order valence-electron chi connectivity index (χ2n) is 6.11. The average molecular weight is 394 g/mol. The van der Waals surface area contributed by atoms with Crippen molar-refractivity contribution in [3.05, 3.63) is 46.3 Å². The van der Waals surface area contributed by atoms with Gasteiger partial charge in [0.25, 0.3) is 0 Å². The number of hydrogen-bond donors (Lipinski definition) is 0. The summed E-state index contributed by atoms with van der Waals surface area (Å²) in [5, 5.41) is 0. The van der Waals surface area contributed by atoms with Crippen molar-refractivity contribution >= 4 is 0 Å². The lowest BCUT2D eigenvalue weighted by Gasteiger charge is -2.33. The Morgan fingerprint density at radius 1 is 0.731 bits per heavy atom. The van der Waals surface area contributed by atoms with Crippen LogP contribution in [0.3, 0.4) is 0 Å². The van der Waals surface area contributed by atoms with Crippen molar-refractivity contribution in [1.29, 1.82) is 0 Å². The molecule has 0 bridgehead atoms. The molecule has 26 heavy (non-hydrogen) atoms. The Kier molecular flexibility index (Phi) is 5.36. The van der Waals surface area contributed by atoms with E-state index in [9.17, 15) is 43.9 Å². The molecular formula is C16H12F10. The van der Waals surface area contributed by atoms with Gasteiger partial charge in [-0.3, -0.25) is 0 Å². The van der Waals surface area contributed by atoms with Crippen LogP contribution in [-0.2, 0) is 5.41 Å². The number of benzene rings is 1. The van der Waals surface area contributed by atoms with E-state index in [-0.39, 0.29) is 6.92 Å². The van der Waals surface area contributed by atoms with Gasteiger partial charge in [0.1, 0.15) is 17.8 Å². The van der Waals surface area contributed by atoms with Gasteiger partial charge in [0.15, 0.2) is 35.6 Å². The van der Waals surface area contributed by atoms with Crippen LogP contribution in [0.2, 0.25) is 0 Å². The number of alkyl halides is 3. The molecule has 10 heteroatoms. The number of hydrogen-bond acceptors (Lipinski definition) is 0. The summed E-state index contributed by atoms with van der Waals surface area (Å²) >= 11 is 0. The molecule has 0 aliphatic heterocycles. The summed E-state index contributed by atoms with van der Waals surface area (Å²) < 4.78 is 140. The Morgan fingerprint density at radius 2 is 1.15 bits per heavy atom. The van der Waals surface area contributed by atoms with Gasteiger partial charge in [0.05, 0.1) is 5.41 Å². The van der Waals surface area contributed by atoms with Gasteiger partial charge in [0, 0.05) is 11.5 Å². The predicted octanol–water partition coefficient (Wildman–Crippen LogP) is 5.84. The van der Waals surface area contributed by atoms with Crippen LogP contribution < -0.4 is 0 Å². The zero-order valence-electron chi connectivity index (χ0n) is 13.3. The van der Waals surface area contributed by atoms with Crippen molar-refractivity contribution in [1.82, 2.24) is 0 Å². The van der Waals surface area contributed by atoms with Crippen molar-refractivity contribution in [3.8, 4) is 0 Å². The largest absolute Gasteiger partial charge is 0.243 e. The lowest BCUT2D eigenvalue weighted by Crippen LogP contribution is -2.45. The zero-order chi connectivity index (χ0) is 20.1. The van der Waals surface area contributed by atoms with Gasteiger partial charge in [-0.1, -0.05) is 6.92 Å². The molecule has 5 unspecified atom stereocenters. The Morgan fingerprint density at radius 3 is 1.58 bits per heavy atom. The number of allylic oxidation sites excluding steroid dienone is 2. The van der Waals surface area contributed by atoms with Gasteiger partial charge in [-0.15, -0.1) is 0 Å². The second-order valence-corrected chi connectivity index (χ2v) is 6.11. The first kappa shape index (κ1) is 20.6. The first-order valence-corrected chi connectivity index (χ1v) is 7.42. The summed E-state index contributed by atoms with van der Waals surface area (Å²) in [5.74, 6) is -19.5. The third-order valence-corrected chi connectivity index (χ3v) is 4.68. The highest BCUT2D eigenvalue weighted by molar-refractivity contribution is 5.41. The first-order valence-electron chi connectivity index (χ1n) is 7.42. The summed E-state index contributed by atoms with van der Waals surface area (Å²) in [5.41, 5.74) is -5.72. The summed E-state index contributed by atoms with van der Waals surface area (Å²) in [7, 11) is 0. The molecule has 5 atom stereocenters. The van der Waals surface area contributed by atoms with E-state index in [0.29, 0.717) is 0 Å². The smallest absolute Gasteiger partial charge is 0.200 e. The Labute approximate surface area is 141 Å². The first-order chi connectivity index (χ1) is 11.9. The summed E-state index contributed by atoms with van der Waals surface area (Å²) in [4.78, 5) is 0. The Balaban J connectivity index is 2.92. The molecule has 0 radical (unpaired) electrons. The van der Waals surface area contributed by atoms with Gasteiger partial charge in [-0.25, -0.2) is 43.9 Å². The van der Waals surface area contributed by atoms with E-state index in [2.05, 4.69) is 0 Å². The molecule has 0 spiro atoms. The van der Waals surface area contributed by atoms with Gasteiger partial charge in [-0.2, -0.15) is 0 Å². The topological polar surface area (TPSA) is 0 Å². The van der Waals surface area contributed by atoms with Crippen LogP contribution in [0.4, 0.5) is 43.9 Å². The minimum absolute atomic E-state index is 0.211. The minimum Gasteiger partial charge on any atom is -0.243 e. The fourth-order valence-electron chi connectivity index (χ4n) is 3.09. The maximum Gasteiger partial charge on any atom is 0.200 e. The van der Waals surface area contributed by atoms with Crippen molar-refractivity contribution in [2.45, 2.75) is 44.2 Å². The highest BCUT2D eigenvalue weighted by Crippen LogP contribution is 2.50. The summed E-state index contributed by atoms with van der Waals surface area (Å²) in [6.45, 7) is 1.33. The van der Waals surface area contributed by atoms with Crippen LogP contribution in [0.25, 0.3) is 0 Å². The normalized spacial score (nSPS) is 32.8. The molecule has 1 aromatic carbocycles. The predicted molar refractivity (Wildman–Crippen MR) is 71.3 cm³/mol. The van der Waals surface area contributed by atoms with Crippen LogP contribution in [0.15, 0.2) is 11.7 Å². The van der Waals surface area contributed by atoms with E-state index < -0.39 is 82.6 Å². The molecule has 1 aliphatic carbocycles. The molecule has 1 aromatic rings.